The lowest BCUT2D eigenvalue weighted by molar-refractivity contribution is -0.307. The molecule has 0 unspecified atom stereocenters. The highest BCUT2D eigenvalue weighted by Crippen LogP contribution is 2.43. The number of carbonyl (C=O) groups is 6. The van der Waals surface area contributed by atoms with Crippen LogP contribution in [0.2, 0.25) is 0 Å². The number of rotatable bonds is 20. The molecule has 432 valence electrons. The van der Waals surface area contributed by atoms with E-state index in [1.807, 2.05) is 0 Å². The van der Waals surface area contributed by atoms with Gasteiger partial charge in [0.2, 0.25) is 0 Å². The van der Waals surface area contributed by atoms with Gasteiger partial charge in [0.15, 0.2) is 55.2 Å². The van der Waals surface area contributed by atoms with Gasteiger partial charge >= 0.3 is 35.8 Å². The van der Waals surface area contributed by atoms with Gasteiger partial charge in [0.05, 0.1) is 46.6 Å². The average molecular weight is 1140 g/mol. The van der Waals surface area contributed by atoms with E-state index in [0.717, 1.165) is 0 Å². The summed E-state index contributed by atoms with van der Waals surface area (Å²) in [6, 6.07) is 47.5. The van der Waals surface area contributed by atoms with Crippen molar-refractivity contribution in [3.8, 4) is 0 Å². The summed E-state index contributed by atoms with van der Waals surface area (Å²) in [6.45, 7) is 1.09. The van der Waals surface area contributed by atoms with Crippen LogP contribution in [0, 0.1) is 0 Å². The molecule has 4 aliphatic heterocycles. The zero-order valence-corrected chi connectivity index (χ0v) is 44.7. The molecule has 0 radical (unpaired) electrons. The SMILES string of the molecule is CC1(C)O[C@H]2O[C@@H]([C@H](O)CO[C@@H]3O[C@H](CO)[C@H](OC(=O)c4ccccc4)[C@H](OC(=O)c4ccccc4)[C@H]3OC(=O)c3ccccc3)[C@H](O[C@@H]3O[C@@H](COC(=O)c4ccccc4)[C@H](OC(=O)c4ccccc4)[C@H]3OC(=O)c3ccccc3)[C@H]2O1. The lowest BCUT2D eigenvalue weighted by Gasteiger charge is -2.44. The Morgan fingerprint density at radius 3 is 1.23 bits per heavy atom. The molecule has 4 fully saturated rings. The van der Waals surface area contributed by atoms with E-state index < -0.39 is 147 Å². The van der Waals surface area contributed by atoms with Crippen molar-refractivity contribution in [3.63, 3.8) is 0 Å². The molecule has 0 bridgehead atoms. The molecule has 6 aromatic carbocycles. The fourth-order valence-electron chi connectivity index (χ4n) is 9.82. The summed E-state index contributed by atoms with van der Waals surface area (Å²) >= 11 is 0. The summed E-state index contributed by atoms with van der Waals surface area (Å²) in [5.74, 6) is -6.51. The van der Waals surface area contributed by atoms with Crippen LogP contribution in [0.5, 0.6) is 0 Å². The van der Waals surface area contributed by atoms with Crippen LogP contribution < -0.4 is 0 Å². The van der Waals surface area contributed by atoms with Gasteiger partial charge in [-0.3, -0.25) is 0 Å². The van der Waals surface area contributed by atoms with Gasteiger partial charge in [0.25, 0.3) is 0 Å². The average Bonchev–Trinajstić information content (AvgIpc) is 3.15. The highest BCUT2D eigenvalue weighted by molar-refractivity contribution is 5.92. The van der Waals surface area contributed by atoms with Gasteiger partial charge in [-0.05, 0) is 86.6 Å². The van der Waals surface area contributed by atoms with Crippen LogP contribution in [0.4, 0.5) is 0 Å². The second-order valence-electron chi connectivity index (χ2n) is 20.0. The molecule has 2 N–H and O–H groups in total. The Morgan fingerprint density at radius 2 is 0.807 bits per heavy atom. The fourth-order valence-corrected chi connectivity index (χ4v) is 9.82. The number of benzene rings is 6. The number of ether oxygens (including phenoxy) is 13. The van der Waals surface area contributed by atoms with E-state index in [4.69, 9.17) is 61.6 Å². The molecule has 10 rings (SSSR count). The van der Waals surface area contributed by atoms with Gasteiger partial charge in [-0.25, -0.2) is 28.8 Å². The molecule has 4 aliphatic rings. The molecule has 14 atom stereocenters. The second-order valence-corrected chi connectivity index (χ2v) is 20.0. The number of hydrogen-bond donors (Lipinski definition) is 2. The Hall–Kier alpha value is -8.22. The standard InChI is InChI=1S/C62H58O21/c1-62(2)82-52-48(81-60-50(78-57(69)40-29-17-7-18-30-40)47(76-55(67)38-25-13-5-14-26-38)44(74-60)35-71-53(65)36-21-9-3-10-22-36)45(80-61(52)83-62)42(64)34-72-59-51(79-58(70)41-31-19-8-20-32-41)49(77-56(68)39-27-15-6-16-28-39)46(43(33-63)73-59)75-54(66)37-23-11-4-12-24-37/h3-32,42-52,59-61,63-64H,33-35H2,1-2H3/t42-,43-,44+,45+,46+,47+,48+,49+,50-,51-,52-,59-,60+,61-/m1/s1. The third-order valence-electron chi connectivity index (χ3n) is 13.8. The van der Waals surface area contributed by atoms with Crippen LogP contribution in [0.25, 0.3) is 0 Å². The van der Waals surface area contributed by atoms with Crippen molar-refractivity contribution in [1.82, 2.24) is 0 Å². The summed E-state index contributed by atoms with van der Waals surface area (Å²) in [5.41, 5.74) is 0.679. The van der Waals surface area contributed by atoms with E-state index >= 15 is 0 Å². The molecular weight excluding hydrogens is 1080 g/mol. The largest absolute Gasteiger partial charge is 0.459 e. The lowest BCUT2D eigenvalue weighted by Crippen LogP contribution is -2.63. The topological polar surface area (TPSA) is 263 Å². The van der Waals surface area contributed by atoms with Gasteiger partial charge in [0.1, 0.15) is 43.2 Å². The van der Waals surface area contributed by atoms with Gasteiger partial charge in [-0.15, -0.1) is 0 Å². The maximum Gasteiger partial charge on any atom is 0.338 e. The Kier molecular flexibility index (Phi) is 18.4. The van der Waals surface area contributed by atoms with Crippen molar-refractivity contribution in [3.05, 3.63) is 215 Å². The first-order valence-corrected chi connectivity index (χ1v) is 26.6. The lowest BCUT2D eigenvalue weighted by atomic mass is 9.97. The quantitative estimate of drug-likeness (QED) is 0.0651. The van der Waals surface area contributed by atoms with E-state index in [1.165, 1.54) is 60.7 Å². The third kappa shape index (κ3) is 13.8. The zero-order chi connectivity index (χ0) is 58.0. The predicted octanol–water partition coefficient (Wildman–Crippen LogP) is 6.05. The maximum atomic E-state index is 14.0. The van der Waals surface area contributed by atoms with Crippen molar-refractivity contribution >= 4 is 35.8 Å². The van der Waals surface area contributed by atoms with Crippen LogP contribution in [-0.4, -0.2) is 158 Å². The van der Waals surface area contributed by atoms with E-state index in [-0.39, 0.29) is 33.4 Å². The van der Waals surface area contributed by atoms with Crippen LogP contribution in [0.3, 0.4) is 0 Å². The minimum Gasteiger partial charge on any atom is -0.459 e. The van der Waals surface area contributed by atoms with E-state index in [0.29, 0.717) is 0 Å². The molecule has 0 aliphatic carbocycles. The summed E-state index contributed by atoms with van der Waals surface area (Å²) in [4.78, 5) is 83.1. The maximum absolute atomic E-state index is 14.0. The zero-order valence-electron chi connectivity index (χ0n) is 44.7. The number of aliphatic hydroxyl groups is 2. The van der Waals surface area contributed by atoms with Crippen LogP contribution in [0.15, 0.2) is 182 Å². The summed E-state index contributed by atoms with van der Waals surface area (Å²) in [5, 5.41) is 23.2. The van der Waals surface area contributed by atoms with E-state index in [1.54, 1.807) is 135 Å². The number of hydrogen-bond acceptors (Lipinski definition) is 21. The van der Waals surface area contributed by atoms with Crippen LogP contribution >= 0.6 is 0 Å². The first-order valence-electron chi connectivity index (χ1n) is 26.6. The fraction of sp³-hybridized carbons (Fsp3) is 0.323. The van der Waals surface area contributed by atoms with Crippen LogP contribution in [-0.2, 0) is 61.6 Å². The number of fused-ring (bicyclic) bond motifs is 1. The monoisotopic (exact) mass is 1140 g/mol. The van der Waals surface area contributed by atoms with Crippen molar-refractivity contribution in [2.75, 3.05) is 19.8 Å². The molecular formula is C62H58O21. The molecule has 83 heavy (non-hydrogen) atoms. The Morgan fingerprint density at radius 1 is 0.446 bits per heavy atom. The minimum absolute atomic E-state index is 0.0610. The minimum atomic E-state index is -1.79. The molecule has 6 aromatic rings. The van der Waals surface area contributed by atoms with E-state index in [9.17, 15) is 39.0 Å². The van der Waals surface area contributed by atoms with Crippen LogP contribution in [0.1, 0.15) is 76.0 Å². The molecule has 4 saturated heterocycles. The number of aliphatic hydroxyl groups excluding tert-OH is 2. The number of carbonyl (C=O) groups excluding carboxylic acids is 6. The molecule has 21 nitrogen and oxygen atoms in total. The smallest absolute Gasteiger partial charge is 0.338 e. The molecule has 0 saturated carbocycles. The second kappa shape index (κ2) is 26.4. The highest BCUT2D eigenvalue weighted by atomic mass is 16.9. The predicted molar refractivity (Wildman–Crippen MR) is 285 cm³/mol. The van der Waals surface area contributed by atoms with Crippen molar-refractivity contribution in [2.45, 2.75) is 106 Å². The van der Waals surface area contributed by atoms with Crippen molar-refractivity contribution in [1.29, 1.82) is 0 Å². The normalized spacial score (nSPS) is 27.3. The Balaban J connectivity index is 0.959. The van der Waals surface area contributed by atoms with Crippen molar-refractivity contribution in [2.24, 2.45) is 0 Å². The van der Waals surface area contributed by atoms with E-state index in [2.05, 4.69) is 0 Å². The first kappa shape index (κ1) is 58.0. The summed E-state index contributed by atoms with van der Waals surface area (Å²) < 4.78 is 80.5. The number of esters is 6. The van der Waals surface area contributed by atoms with Gasteiger partial charge < -0.3 is 71.8 Å². The molecule has 0 aromatic heterocycles. The molecule has 0 spiro atoms. The first-order chi connectivity index (χ1) is 40.2. The Labute approximate surface area is 475 Å². The molecule has 21 heteroatoms. The molecule has 4 heterocycles. The Bertz CT molecular complexity index is 3150. The summed E-state index contributed by atoms with van der Waals surface area (Å²) in [7, 11) is 0. The van der Waals surface area contributed by atoms with Gasteiger partial charge in [-0.1, -0.05) is 109 Å². The van der Waals surface area contributed by atoms with Gasteiger partial charge in [-0.2, -0.15) is 0 Å². The van der Waals surface area contributed by atoms with Gasteiger partial charge in [0, 0.05) is 0 Å². The third-order valence-corrected chi connectivity index (χ3v) is 13.8. The summed E-state index contributed by atoms with van der Waals surface area (Å²) in [6.07, 6.45) is -21.6. The van der Waals surface area contributed by atoms with Crippen molar-refractivity contribution < 1.29 is 101 Å². The highest BCUT2D eigenvalue weighted by Gasteiger charge is 2.61. The molecule has 0 amide bonds.